The molecule has 0 aromatic rings. The Kier molecular flexibility index (Phi) is 9.99. The van der Waals surface area contributed by atoms with Crippen LogP contribution in [0.3, 0.4) is 0 Å². The molecule has 0 amide bonds. The molecule has 4 saturated carbocycles. The molecule has 4 fully saturated rings. The van der Waals surface area contributed by atoms with Crippen LogP contribution in [-0.4, -0.2) is 42.8 Å². The van der Waals surface area contributed by atoms with Gasteiger partial charge in [-0.05, 0) is 127 Å². The number of carbonyl (C=O) groups is 3. The largest absolute Gasteiger partial charge is 0.515 e. The summed E-state index contributed by atoms with van der Waals surface area (Å²) in [5, 5.41) is 2.45. The molecule has 0 bridgehead atoms. The third-order valence-electron chi connectivity index (χ3n) is 10.9. The van der Waals surface area contributed by atoms with Crippen LogP contribution in [0.5, 0.6) is 0 Å². The van der Waals surface area contributed by atoms with Crippen molar-refractivity contribution >= 4 is 25.7 Å². The van der Waals surface area contributed by atoms with Crippen molar-refractivity contribution in [2.45, 2.75) is 125 Å². The average molecular weight is 600 g/mol. The van der Waals surface area contributed by atoms with Crippen molar-refractivity contribution in [3.63, 3.8) is 0 Å². The molecule has 11 heteroatoms. The van der Waals surface area contributed by atoms with Crippen LogP contribution in [0.25, 0.3) is 0 Å². The van der Waals surface area contributed by atoms with E-state index < -0.39 is 25.9 Å². The third-order valence-corrected chi connectivity index (χ3v) is 12.3. The highest BCUT2D eigenvalue weighted by molar-refractivity contribution is 7.52. The molecule has 10 atom stereocenters. The number of carbonyl (C=O) groups excluding carboxylic acids is 3. The second-order valence-corrected chi connectivity index (χ2v) is 15.2. The highest BCUT2D eigenvalue weighted by Crippen LogP contribution is 2.67. The first-order valence-corrected chi connectivity index (χ1v) is 17.1. The van der Waals surface area contributed by atoms with E-state index in [0.717, 1.165) is 57.8 Å². The quantitative estimate of drug-likeness (QED) is 0.124. The number of hydrogen-bond acceptors (Lipinski definition) is 9. The second-order valence-electron chi connectivity index (χ2n) is 13.6. The van der Waals surface area contributed by atoms with Crippen molar-refractivity contribution in [3.8, 4) is 0 Å². The summed E-state index contributed by atoms with van der Waals surface area (Å²) in [6.45, 7) is 13.0. The van der Waals surface area contributed by atoms with Crippen molar-refractivity contribution in [1.29, 1.82) is 0 Å². The van der Waals surface area contributed by atoms with Gasteiger partial charge in [0.15, 0.2) is 0 Å². The van der Waals surface area contributed by atoms with Crippen molar-refractivity contribution < 1.29 is 42.5 Å². The second kappa shape index (κ2) is 12.6. The molecule has 41 heavy (non-hydrogen) atoms. The number of Topliss-reactive ketones (excluding diaryl/α,β-unsaturated/α-hetero) is 1. The average Bonchev–Trinajstić information content (AvgIpc) is 3.24. The van der Waals surface area contributed by atoms with Crippen LogP contribution in [0.15, 0.2) is 0 Å². The lowest BCUT2D eigenvalue weighted by molar-refractivity contribution is -0.272. The SMILES string of the molecule is CCOC(=O)OP(=O)(NC(C)C(=O)OC(C)C)OO[C@@H]1CC[C@@]2(C)[C@@H](CC[C@@H]3[C@@H]2CC[C@]2(C)[C@@H](C(C)=O)CC[C@@H]32)C1. The normalized spacial score (nSPS) is 38.5. The monoisotopic (exact) mass is 599 g/mol. The Morgan fingerprint density at radius 2 is 1.63 bits per heavy atom. The summed E-state index contributed by atoms with van der Waals surface area (Å²) in [7, 11) is -4.41. The molecule has 0 aromatic carbocycles. The minimum absolute atomic E-state index is 0.0189. The standard InChI is InChI=1S/C30H50NO9P/c1-8-36-28(34)39-41(35,31-19(4)27(33)37-18(2)3)40-38-22-13-15-29(6)21(17-22)9-10-23-25-12-11-24(20(5)32)30(25,7)16-14-26(23)29/h18-19,21-26H,8-17H2,1-7H3,(H,31,35)/t19?,21-,22+,23-,24+,25-,26-,29-,30+,41?/m0/s1. The van der Waals surface area contributed by atoms with Crippen LogP contribution in [0.1, 0.15) is 106 Å². The molecule has 0 spiro atoms. The fraction of sp³-hybridized carbons (Fsp3) is 0.900. The fourth-order valence-electron chi connectivity index (χ4n) is 9.02. The number of hydrogen-bond donors (Lipinski definition) is 1. The molecule has 10 nitrogen and oxygen atoms in total. The molecule has 1 N–H and O–H groups in total. The summed E-state index contributed by atoms with van der Waals surface area (Å²) in [5.74, 6) is 2.22. The van der Waals surface area contributed by atoms with E-state index in [0.29, 0.717) is 29.5 Å². The first-order valence-electron chi connectivity index (χ1n) is 15.5. The third kappa shape index (κ3) is 6.71. The van der Waals surface area contributed by atoms with E-state index in [9.17, 15) is 18.9 Å². The van der Waals surface area contributed by atoms with Crippen molar-refractivity contribution in [2.24, 2.45) is 40.4 Å². The summed E-state index contributed by atoms with van der Waals surface area (Å²) >= 11 is 0. The van der Waals surface area contributed by atoms with Gasteiger partial charge in [0.2, 0.25) is 0 Å². The summed E-state index contributed by atoms with van der Waals surface area (Å²) in [4.78, 5) is 42.5. The van der Waals surface area contributed by atoms with E-state index in [2.05, 4.69) is 18.9 Å². The number of ketones is 1. The van der Waals surface area contributed by atoms with Gasteiger partial charge in [-0.25, -0.2) is 14.2 Å². The van der Waals surface area contributed by atoms with Gasteiger partial charge in [0, 0.05) is 5.92 Å². The summed E-state index contributed by atoms with van der Waals surface area (Å²) in [5.41, 5.74) is 0.313. The van der Waals surface area contributed by atoms with Crippen LogP contribution in [0.4, 0.5) is 4.79 Å². The minimum Gasteiger partial charge on any atom is -0.462 e. The Bertz CT molecular complexity index is 1040. The topological polar surface area (TPSA) is 126 Å². The summed E-state index contributed by atoms with van der Waals surface area (Å²) in [6, 6.07) is -1.08. The van der Waals surface area contributed by atoms with E-state index in [4.69, 9.17) is 23.6 Å². The lowest BCUT2D eigenvalue weighted by Gasteiger charge is -2.61. The molecule has 0 saturated heterocycles. The molecule has 4 aliphatic carbocycles. The maximum absolute atomic E-state index is 13.5. The molecule has 0 aromatic heterocycles. The lowest BCUT2D eigenvalue weighted by atomic mass is 9.44. The lowest BCUT2D eigenvalue weighted by Crippen LogP contribution is -2.54. The Morgan fingerprint density at radius 3 is 2.29 bits per heavy atom. The van der Waals surface area contributed by atoms with Gasteiger partial charge < -0.3 is 14.0 Å². The van der Waals surface area contributed by atoms with Gasteiger partial charge in [0.25, 0.3) is 0 Å². The van der Waals surface area contributed by atoms with E-state index in [-0.39, 0.29) is 35.6 Å². The van der Waals surface area contributed by atoms with Gasteiger partial charge in [-0.3, -0.25) is 9.59 Å². The predicted octanol–water partition coefficient (Wildman–Crippen LogP) is 6.76. The van der Waals surface area contributed by atoms with Crippen LogP contribution >= 0.6 is 7.75 Å². The van der Waals surface area contributed by atoms with Crippen LogP contribution < -0.4 is 5.09 Å². The predicted molar refractivity (Wildman–Crippen MR) is 151 cm³/mol. The van der Waals surface area contributed by atoms with Gasteiger partial charge in [0.1, 0.15) is 11.8 Å². The van der Waals surface area contributed by atoms with Crippen molar-refractivity contribution in [2.75, 3.05) is 6.61 Å². The number of fused-ring (bicyclic) bond motifs is 5. The number of rotatable bonds is 10. The van der Waals surface area contributed by atoms with Crippen molar-refractivity contribution in [1.82, 2.24) is 5.09 Å². The van der Waals surface area contributed by atoms with Gasteiger partial charge in [0.05, 0.1) is 18.8 Å². The minimum atomic E-state index is -4.41. The zero-order valence-electron chi connectivity index (χ0n) is 25.8. The maximum Gasteiger partial charge on any atom is 0.515 e. The van der Waals surface area contributed by atoms with E-state index >= 15 is 0 Å². The van der Waals surface area contributed by atoms with E-state index in [1.807, 2.05) is 0 Å². The van der Waals surface area contributed by atoms with Crippen molar-refractivity contribution in [3.05, 3.63) is 0 Å². The molecule has 0 aliphatic heterocycles. The zero-order chi connectivity index (χ0) is 30.2. The fourth-order valence-corrected chi connectivity index (χ4v) is 10.2. The molecular formula is C30H50NO9P. The highest BCUT2D eigenvalue weighted by Gasteiger charge is 2.61. The Labute approximate surface area is 244 Å². The van der Waals surface area contributed by atoms with Gasteiger partial charge >= 0.3 is 19.9 Å². The molecule has 0 radical (unpaired) electrons. The first kappa shape index (κ1) is 32.4. The van der Waals surface area contributed by atoms with Crippen LogP contribution in [-0.2, 0) is 37.7 Å². The molecule has 2 unspecified atom stereocenters. The zero-order valence-corrected chi connectivity index (χ0v) is 26.7. The van der Waals surface area contributed by atoms with E-state index in [1.165, 1.54) is 6.92 Å². The Hall–Kier alpha value is -1.48. The number of nitrogens with one attached hydrogen (secondary N) is 1. The molecule has 234 valence electrons. The molecule has 4 aliphatic rings. The Balaban J connectivity index is 1.39. The van der Waals surface area contributed by atoms with E-state index in [1.54, 1.807) is 27.7 Å². The highest BCUT2D eigenvalue weighted by atomic mass is 31.2. The number of esters is 1. The van der Waals surface area contributed by atoms with Crippen LogP contribution in [0.2, 0.25) is 0 Å². The number of ether oxygens (including phenoxy) is 2. The molecule has 4 rings (SSSR count). The smallest absolute Gasteiger partial charge is 0.462 e. The van der Waals surface area contributed by atoms with Gasteiger partial charge in [-0.2, -0.15) is 5.09 Å². The summed E-state index contributed by atoms with van der Waals surface area (Å²) < 4.78 is 33.7. The first-order chi connectivity index (χ1) is 19.2. The van der Waals surface area contributed by atoms with Gasteiger partial charge in [-0.1, -0.05) is 13.8 Å². The molecule has 0 heterocycles. The molecular weight excluding hydrogens is 549 g/mol. The van der Waals surface area contributed by atoms with Crippen LogP contribution in [0, 0.1) is 40.4 Å². The van der Waals surface area contributed by atoms with Gasteiger partial charge in [-0.15, -0.1) is 4.67 Å². The summed E-state index contributed by atoms with van der Waals surface area (Å²) in [6.07, 6.45) is 7.26. The Morgan fingerprint density at radius 1 is 0.951 bits per heavy atom. The maximum atomic E-state index is 13.5.